The van der Waals surface area contributed by atoms with E-state index in [1.165, 1.54) is 19.3 Å². The summed E-state index contributed by atoms with van der Waals surface area (Å²) in [5, 5.41) is 0. The van der Waals surface area contributed by atoms with Crippen LogP contribution in [0.15, 0.2) is 24.3 Å². The molecule has 3 nitrogen and oxygen atoms in total. The quantitative estimate of drug-likeness (QED) is 0.820. The first-order valence-electron chi connectivity index (χ1n) is 6.25. The number of nitrogens with two attached hydrogens (primary N) is 1. The van der Waals surface area contributed by atoms with E-state index in [1.54, 1.807) is 7.11 Å². The predicted octanol–water partition coefficient (Wildman–Crippen LogP) is 2.26. The molecular formula is C14H22N2O. The minimum Gasteiger partial charge on any atom is -0.495 e. The van der Waals surface area contributed by atoms with Gasteiger partial charge in [-0.3, -0.25) is 0 Å². The molecule has 17 heavy (non-hydrogen) atoms. The van der Waals surface area contributed by atoms with Crippen molar-refractivity contribution in [3.05, 3.63) is 24.3 Å². The number of hydrogen-bond acceptors (Lipinski definition) is 3. The van der Waals surface area contributed by atoms with Gasteiger partial charge in [0.1, 0.15) is 5.75 Å². The van der Waals surface area contributed by atoms with Gasteiger partial charge in [0, 0.05) is 13.6 Å². The normalized spacial score (nSPS) is 16.6. The number of para-hydroxylation sites is 2. The summed E-state index contributed by atoms with van der Waals surface area (Å²) in [5.74, 6) is 0.938. The van der Waals surface area contributed by atoms with E-state index in [0.717, 1.165) is 24.5 Å². The highest BCUT2D eigenvalue weighted by Gasteiger charge is 2.40. The lowest BCUT2D eigenvalue weighted by atomic mass is 10.0. The molecule has 1 aromatic carbocycles. The molecule has 94 valence electrons. The maximum absolute atomic E-state index is 5.81. The minimum absolute atomic E-state index is 0.441. The first kappa shape index (κ1) is 12.2. The molecule has 1 fully saturated rings. The molecule has 2 N–H and O–H groups in total. The van der Waals surface area contributed by atoms with Crippen molar-refractivity contribution in [2.45, 2.75) is 19.3 Å². The molecule has 0 amide bonds. The summed E-state index contributed by atoms with van der Waals surface area (Å²) in [5.41, 5.74) is 7.40. The summed E-state index contributed by atoms with van der Waals surface area (Å²) in [6, 6.07) is 8.14. The lowest BCUT2D eigenvalue weighted by Gasteiger charge is -2.24. The van der Waals surface area contributed by atoms with Gasteiger partial charge in [-0.25, -0.2) is 0 Å². The van der Waals surface area contributed by atoms with Crippen molar-refractivity contribution in [1.82, 2.24) is 0 Å². The van der Waals surface area contributed by atoms with Crippen molar-refractivity contribution in [3.63, 3.8) is 0 Å². The Morgan fingerprint density at radius 2 is 2.06 bits per heavy atom. The number of hydrogen-bond donors (Lipinski definition) is 1. The topological polar surface area (TPSA) is 38.5 Å². The van der Waals surface area contributed by atoms with Gasteiger partial charge in [0.15, 0.2) is 0 Å². The van der Waals surface area contributed by atoms with Gasteiger partial charge in [-0.15, -0.1) is 0 Å². The fourth-order valence-electron chi connectivity index (χ4n) is 2.20. The van der Waals surface area contributed by atoms with E-state index < -0.39 is 0 Å². The van der Waals surface area contributed by atoms with E-state index >= 15 is 0 Å². The number of ether oxygens (including phenoxy) is 1. The molecule has 1 saturated carbocycles. The molecular weight excluding hydrogens is 212 g/mol. The molecule has 0 atom stereocenters. The van der Waals surface area contributed by atoms with Crippen LogP contribution in [0.3, 0.4) is 0 Å². The van der Waals surface area contributed by atoms with Gasteiger partial charge in [0.05, 0.1) is 12.8 Å². The number of nitrogens with zero attached hydrogens (tertiary/aromatic N) is 1. The van der Waals surface area contributed by atoms with E-state index in [1.807, 2.05) is 18.2 Å². The van der Waals surface area contributed by atoms with Crippen molar-refractivity contribution in [3.8, 4) is 5.75 Å². The summed E-state index contributed by atoms with van der Waals surface area (Å²) < 4.78 is 5.37. The third-order valence-electron chi connectivity index (χ3n) is 3.86. The summed E-state index contributed by atoms with van der Waals surface area (Å²) >= 11 is 0. The van der Waals surface area contributed by atoms with Crippen molar-refractivity contribution in [2.24, 2.45) is 11.1 Å². The number of anilines is 1. The molecule has 0 spiro atoms. The Morgan fingerprint density at radius 1 is 1.35 bits per heavy atom. The Labute approximate surface area is 104 Å². The summed E-state index contributed by atoms with van der Waals surface area (Å²) in [6.45, 7) is 1.87. The summed E-state index contributed by atoms with van der Waals surface area (Å²) in [4.78, 5) is 2.26. The molecule has 3 heteroatoms. The average molecular weight is 234 g/mol. The molecule has 0 aliphatic heterocycles. The van der Waals surface area contributed by atoms with E-state index in [9.17, 15) is 0 Å². The molecule has 0 aromatic heterocycles. The minimum atomic E-state index is 0.441. The van der Waals surface area contributed by atoms with Crippen LogP contribution in [0.2, 0.25) is 0 Å². The van der Waals surface area contributed by atoms with Gasteiger partial charge < -0.3 is 15.4 Å². The van der Waals surface area contributed by atoms with Crippen molar-refractivity contribution < 1.29 is 4.74 Å². The predicted molar refractivity (Wildman–Crippen MR) is 71.6 cm³/mol. The van der Waals surface area contributed by atoms with Gasteiger partial charge in [-0.05, 0) is 43.4 Å². The maximum atomic E-state index is 5.81. The molecule has 0 saturated heterocycles. The first-order chi connectivity index (χ1) is 8.21. The van der Waals surface area contributed by atoms with Crippen molar-refractivity contribution >= 4 is 5.69 Å². The fraction of sp³-hybridized carbons (Fsp3) is 0.571. The lowest BCUT2D eigenvalue weighted by Crippen LogP contribution is -2.25. The zero-order chi connectivity index (χ0) is 12.3. The van der Waals surface area contributed by atoms with Crippen LogP contribution in [0.25, 0.3) is 0 Å². The average Bonchev–Trinajstić information content (AvgIpc) is 3.16. The standard InChI is InChI=1S/C14H22N2O/c1-16(10-9-14(11-15)7-8-14)12-5-3-4-6-13(12)17-2/h3-6H,7-11,15H2,1-2H3. The van der Waals surface area contributed by atoms with Crippen LogP contribution in [0.4, 0.5) is 5.69 Å². The molecule has 0 heterocycles. The van der Waals surface area contributed by atoms with E-state index in [2.05, 4.69) is 18.0 Å². The number of methoxy groups -OCH3 is 1. The smallest absolute Gasteiger partial charge is 0.142 e. The van der Waals surface area contributed by atoms with Crippen LogP contribution >= 0.6 is 0 Å². The molecule has 1 aliphatic carbocycles. The third-order valence-corrected chi connectivity index (χ3v) is 3.86. The fourth-order valence-corrected chi connectivity index (χ4v) is 2.20. The first-order valence-corrected chi connectivity index (χ1v) is 6.25. The van der Waals surface area contributed by atoms with Gasteiger partial charge in [-0.1, -0.05) is 12.1 Å². The Morgan fingerprint density at radius 3 is 2.65 bits per heavy atom. The zero-order valence-corrected chi connectivity index (χ0v) is 10.8. The Bertz CT molecular complexity index is 374. The lowest BCUT2D eigenvalue weighted by molar-refractivity contribution is 0.413. The highest BCUT2D eigenvalue weighted by atomic mass is 16.5. The second kappa shape index (κ2) is 4.96. The molecule has 0 radical (unpaired) electrons. The largest absolute Gasteiger partial charge is 0.495 e. The Hall–Kier alpha value is -1.22. The van der Waals surface area contributed by atoms with E-state index in [4.69, 9.17) is 10.5 Å². The maximum Gasteiger partial charge on any atom is 0.142 e. The van der Waals surface area contributed by atoms with Gasteiger partial charge in [0.2, 0.25) is 0 Å². The van der Waals surface area contributed by atoms with Gasteiger partial charge in [0.25, 0.3) is 0 Å². The van der Waals surface area contributed by atoms with Crippen LogP contribution in [0, 0.1) is 5.41 Å². The van der Waals surface area contributed by atoms with Crippen LogP contribution in [-0.4, -0.2) is 27.2 Å². The summed E-state index contributed by atoms with van der Waals surface area (Å²) in [6.07, 6.45) is 3.77. The van der Waals surface area contributed by atoms with E-state index in [0.29, 0.717) is 5.41 Å². The molecule has 0 unspecified atom stereocenters. The third kappa shape index (κ3) is 2.72. The Balaban J connectivity index is 1.97. The monoisotopic (exact) mass is 234 g/mol. The highest BCUT2D eigenvalue weighted by Crippen LogP contribution is 2.47. The van der Waals surface area contributed by atoms with Crippen molar-refractivity contribution in [2.75, 3.05) is 32.1 Å². The van der Waals surface area contributed by atoms with Crippen molar-refractivity contribution in [1.29, 1.82) is 0 Å². The van der Waals surface area contributed by atoms with Crippen LogP contribution in [0.5, 0.6) is 5.75 Å². The molecule has 2 rings (SSSR count). The van der Waals surface area contributed by atoms with Gasteiger partial charge >= 0.3 is 0 Å². The highest BCUT2D eigenvalue weighted by molar-refractivity contribution is 5.57. The second-order valence-electron chi connectivity index (χ2n) is 5.05. The summed E-state index contributed by atoms with van der Waals surface area (Å²) in [7, 11) is 3.83. The van der Waals surface area contributed by atoms with Crippen LogP contribution < -0.4 is 15.4 Å². The zero-order valence-electron chi connectivity index (χ0n) is 10.8. The molecule has 0 bridgehead atoms. The molecule has 1 aromatic rings. The van der Waals surface area contributed by atoms with E-state index in [-0.39, 0.29) is 0 Å². The van der Waals surface area contributed by atoms with Crippen LogP contribution in [-0.2, 0) is 0 Å². The van der Waals surface area contributed by atoms with Crippen LogP contribution in [0.1, 0.15) is 19.3 Å². The molecule has 1 aliphatic rings. The number of benzene rings is 1. The number of rotatable bonds is 6. The second-order valence-corrected chi connectivity index (χ2v) is 5.05. The van der Waals surface area contributed by atoms with Gasteiger partial charge in [-0.2, -0.15) is 0 Å². The SMILES string of the molecule is COc1ccccc1N(C)CCC1(CN)CC1. The Kier molecular flexibility index (Phi) is 3.57.